The van der Waals surface area contributed by atoms with Gasteiger partial charge in [0.2, 0.25) is 5.91 Å². The summed E-state index contributed by atoms with van der Waals surface area (Å²) in [6, 6.07) is 6.26. The first-order chi connectivity index (χ1) is 9.65. The van der Waals surface area contributed by atoms with Crippen molar-refractivity contribution in [3.8, 4) is 0 Å². The summed E-state index contributed by atoms with van der Waals surface area (Å²) in [5.41, 5.74) is 0.956. The number of rotatable bonds is 4. The van der Waals surface area contributed by atoms with Gasteiger partial charge in [0.1, 0.15) is 12.0 Å². The minimum absolute atomic E-state index is 0.113. The monoisotopic (exact) mass is 276 g/mol. The van der Waals surface area contributed by atoms with Crippen LogP contribution in [0.5, 0.6) is 0 Å². The molecule has 1 N–H and O–H groups in total. The maximum Gasteiger partial charge on any atom is 0.241 e. The topological polar surface area (TPSA) is 32.3 Å². The fourth-order valence-electron chi connectivity index (χ4n) is 3.04. The second kappa shape index (κ2) is 5.52. The summed E-state index contributed by atoms with van der Waals surface area (Å²) in [5.74, 6) is 0.693. The molecule has 2 unspecified atom stereocenters. The van der Waals surface area contributed by atoms with Gasteiger partial charge in [-0.3, -0.25) is 10.1 Å². The number of hydrogen-bond acceptors (Lipinski definition) is 2. The van der Waals surface area contributed by atoms with E-state index in [0.29, 0.717) is 0 Å². The summed E-state index contributed by atoms with van der Waals surface area (Å²) in [4.78, 5) is 14.2. The number of carbonyl (C=O) groups is 1. The van der Waals surface area contributed by atoms with E-state index in [0.717, 1.165) is 24.4 Å². The zero-order chi connectivity index (χ0) is 14.1. The van der Waals surface area contributed by atoms with Crippen molar-refractivity contribution in [2.45, 2.75) is 44.8 Å². The fourth-order valence-corrected chi connectivity index (χ4v) is 3.04. The maximum absolute atomic E-state index is 13.0. The minimum Gasteiger partial charge on any atom is -0.322 e. The zero-order valence-corrected chi connectivity index (χ0v) is 11.8. The third-order valence-corrected chi connectivity index (χ3v) is 4.56. The molecular formula is C16H21FN2O. The Kier molecular flexibility index (Phi) is 3.74. The lowest BCUT2D eigenvalue weighted by atomic mass is 9.83. The van der Waals surface area contributed by atoms with Gasteiger partial charge in [0.25, 0.3) is 0 Å². The second-order valence-electron chi connectivity index (χ2n) is 5.96. The largest absolute Gasteiger partial charge is 0.322 e. The molecule has 1 amide bonds. The van der Waals surface area contributed by atoms with Gasteiger partial charge in [0.05, 0.1) is 6.04 Å². The molecule has 1 saturated heterocycles. The Morgan fingerprint density at radius 2 is 2.00 bits per heavy atom. The number of nitrogens with one attached hydrogen (secondary N) is 1. The van der Waals surface area contributed by atoms with E-state index in [1.54, 1.807) is 12.1 Å². The van der Waals surface area contributed by atoms with Gasteiger partial charge in [-0.15, -0.1) is 0 Å². The number of hydrogen-bond donors (Lipinski definition) is 1. The van der Waals surface area contributed by atoms with Crippen molar-refractivity contribution in [1.82, 2.24) is 10.2 Å². The highest BCUT2D eigenvalue weighted by Crippen LogP contribution is 2.32. The second-order valence-corrected chi connectivity index (χ2v) is 5.96. The average Bonchev–Trinajstić information content (AvgIpc) is 2.66. The van der Waals surface area contributed by atoms with Crippen molar-refractivity contribution in [2.24, 2.45) is 5.92 Å². The highest BCUT2D eigenvalue weighted by atomic mass is 19.1. The lowest BCUT2D eigenvalue weighted by Crippen LogP contribution is -2.33. The summed E-state index contributed by atoms with van der Waals surface area (Å²) >= 11 is 0. The molecule has 3 rings (SSSR count). The van der Waals surface area contributed by atoms with Crippen LogP contribution >= 0.6 is 0 Å². The first-order valence-corrected chi connectivity index (χ1v) is 7.47. The summed E-state index contributed by atoms with van der Waals surface area (Å²) in [7, 11) is 0. The highest BCUT2D eigenvalue weighted by molar-refractivity contribution is 5.84. The lowest BCUT2D eigenvalue weighted by Gasteiger charge is -2.30. The first kappa shape index (κ1) is 13.6. The fraction of sp³-hybridized carbons (Fsp3) is 0.562. The van der Waals surface area contributed by atoms with Crippen LogP contribution in [0.4, 0.5) is 4.39 Å². The molecule has 2 fully saturated rings. The van der Waals surface area contributed by atoms with E-state index >= 15 is 0 Å². The number of halogens is 1. The molecule has 4 heteroatoms. The average molecular weight is 276 g/mol. The van der Waals surface area contributed by atoms with Crippen LogP contribution in [-0.2, 0) is 4.79 Å². The van der Waals surface area contributed by atoms with E-state index in [-0.39, 0.29) is 23.9 Å². The minimum atomic E-state index is -0.243. The lowest BCUT2D eigenvalue weighted by molar-refractivity contribution is -0.130. The third-order valence-electron chi connectivity index (χ3n) is 4.56. The molecule has 3 nitrogen and oxygen atoms in total. The Balaban J connectivity index is 1.72. The molecule has 1 aromatic carbocycles. The Morgan fingerprint density at radius 3 is 2.60 bits per heavy atom. The van der Waals surface area contributed by atoms with E-state index in [1.807, 2.05) is 11.8 Å². The van der Waals surface area contributed by atoms with Gasteiger partial charge in [0, 0.05) is 6.54 Å². The number of benzene rings is 1. The van der Waals surface area contributed by atoms with Crippen LogP contribution in [0.3, 0.4) is 0 Å². The Bertz CT molecular complexity index is 484. The van der Waals surface area contributed by atoms with Crippen LogP contribution in [0.2, 0.25) is 0 Å². The van der Waals surface area contributed by atoms with E-state index in [9.17, 15) is 9.18 Å². The van der Waals surface area contributed by atoms with Gasteiger partial charge in [-0.1, -0.05) is 31.4 Å². The van der Waals surface area contributed by atoms with E-state index in [4.69, 9.17) is 0 Å². The van der Waals surface area contributed by atoms with Crippen LogP contribution in [0, 0.1) is 11.7 Å². The summed E-state index contributed by atoms with van der Waals surface area (Å²) in [6.07, 6.45) is 4.89. The molecule has 108 valence electrons. The van der Waals surface area contributed by atoms with Gasteiger partial charge >= 0.3 is 0 Å². The van der Waals surface area contributed by atoms with Crippen LogP contribution in [0.1, 0.15) is 44.3 Å². The predicted molar refractivity (Wildman–Crippen MR) is 75.4 cm³/mol. The normalized spacial score (nSPS) is 26.9. The quantitative estimate of drug-likeness (QED) is 0.917. The van der Waals surface area contributed by atoms with Crippen LogP contribution in [0.25, 0.3) is 0 Å². The van der Waals surface area contributed by atoms with Gasteiger partial charge in [-0.25, -0.2) is 4.39 Å². The molecule has 0 aromatic heterocycles. The van der Waals surface area contributed by atoms with Gasteiger partial charge in [0.15, 0.2) is 0 Å². The summed E-state index contributed by atoms with van der Waals surface area (Å²) in [5, 5.41) is 3.30. The summed E-state index contributed by atoms with van der Waals surface area (Å²) in [6.45, 7) is 2.69. The van der Waals surface area contributed by atoms with Crippen LogP contribution in [-0.4, -0.2) is 23.4 Å². The van der Waals surface area contributed by atoms with Crippen LogP contribution in [0.15, 0.2) is 24.3 Å². The Labute approximate surface area is 119 Å². The Hall–Kier alpha value is -1.42. The van der Waals surface area contributed by atoms with Gasteiger partial charge < -0.3 is 4.90 Å². The van der Waals surface area contributed by atoms with E-state index < -0.39 is 0 Å². The number of amides is 1. The van der Waals surface area contributed by atoms with Crippen molar-refractivity contribution >= 4 is 5.91 Å². The van der Waals surface area contributed by atoms with Crippen molar-refractivity contribution in [3.05, 3.63) is 35.6 Å². The van der Waals surface area contributed by atoms with Crippen molar-refractivity contribution in [1.29, 1.82) is 0 Å². The predicted octanol–water partition coefficient (Wildman–Crippen LogP) is 2.83. The zero-order valence-electron chi connectivity index (χ0n) is 11.8. The molecule has 1 heterocycles. The molecule has 1 aliphatic carbocycles. The molecule has 1 aliphatic heterocycles. The van der Waals surface area contributed by atoms with Crippen molar-refractivity contribution in [3.63, 3.8) is 0 Å². The van der Waals surface area contributed by atoms with E-state index in [2.05, 4.69) is 5.32 Å². The molecule has 20 heavy (non-hydrogen) atoms. The molecule has 1 aromatic rings. The molecule has 0 radical (unpaired) electrons. The van der Waals surface area contributed by atoms with Crippen LogP contribution < -0.4 is 5.32 Å². The van der Waals surface area contributed by atoms with Gasteiger partial charge in [-0.2, -0.15) is 0 Å². The van der Waals surface area contributed by atoms with E-state index in [1.165, 1.54) is 31.4 Å². The van der Waals surface area contributed by atoms with Crippen molar-refractivity contribution < 1.29 is 9.18 Å². The molecule has 2 aliphatic rings. The first-order valence-electron chi connectivity index (χ1n) is 7.47. The molecule has 1 saturated carbocycles. The number of carbonyl (C=O) groups excluding carboxylic acids is 1. The molecule has 2 atom stereocenters. The standard InChI is InChI=1S/C16H21FN2O/c1-11-16(20)19(10-9-12-3-2-4-12)15(18-11)13-5-7-14(17)8-6-13/h5-8,11-12,15,18H,2-4,9-10H2,1H3. The smallest absolute Gasteiger partial charge is 0.241 e. The maximum atomic E-state index is 13.0. The summed E-state index contributed by atoms with van der Waals surface area (Å²) < 4.78 is 13.0. The third kappa shape index (κ3) is 2.57. The van der Waals surface area contributed by atoms with Gasteiger partial charge in [-0.05, 0) is 37.0 Å². The molecule has 0 bridgehead atoms. The molecular weight excluding hydrogens is 255 g/mol. The Morgan fingerprint density at radius 1 is 1.30 bits per heavy atom. The number of nitrogens with zero attached hydrogens (tertiary/aromatic N) is 1. The van der Waals surface area contributed by atoms with Crippen molar-refractivity contribution in [2.75, 3.05) is 6.54 Å². The highest BCUT2D eigenvalue weighted by Gasteiger charge is 2.37. The SMILES string of the molecule is CC1NC(c2ccc(F)cc2)N(CCC2CCC2)C1=O. The molecule has 0 spiro atoms.